The van der Waals surface area contributed by atoms with Crippen LogP contribution in [-0.4, -0.2) is 20.4 Å². The Hall–Kier alpha value is -3.16. The van der Waals surface area contributed by atoms with Crippen LogP contribution >= 0.6 is 0 Å². The van der Waals surface area contributed by atoms with E-state index in [2.05, 4.69) is 10.6 Å². The summed E-state index contributed by atoms with van der Waals surface area (Å²) in [5.74, 6) is -0.240. The molecule has 0 heterocycles. The lowest BCUT2D eigenvalue weighted by Gasteiger charge is -2.16. The maximum atomic E-state index is 12.4. The number of sulfonamides is 1. The summed E-state index contributed by atoms with van der Waals surface area (Å²) in [6.07, 6.45) is 0. The van der Waals surface area contributed by atoms with Crippen molar-refractivity contribution < 1.29 is 13.2 Å². The maximum absolute atomic E-state index is 12.4. The molecule has 0 bridgehead atoms. The van der Waals surface area contributed by atoms with Crippen molar-refractivity contribution in [1.82, 2.24) is 0 Å². The quantitative estimate of drug-likeness (QED) is 0.595. The topological polar surface area (TPSA) is 101 Å². The normalized spacial score (nSPS) is 12.2. The van der Waals surface area contributed by atoms with Crippen LogP contribution in [0.15, 0.2) is 83.8 Å². The minimum absolute atomic E-state index is 0.00446. The van der Waals surface area contributed by atoms with Gasteiger partial charge < -0.3 is 10.6 Å². The fourth-order valence-electron chi connectivity index (χ4n) is 2.68. The summed E-state index contributed by atoms with van der Waals surface area (Å²) in [5.41, 5.74) is 3.54. The van der Waals surface area contributed by atoms with Gasteiger partial charge in [0.15, 0.2) is 0 Å². The Morgan fingerprint density at radius 1 is 0.821 bits per heavy atom. The number of primary sulfonamides is 1. The van der Waals surface area contributed by atoms with E-state index in [1.54, 1.807) is 6.92 Å². The van der Waals surface area contributed by atoms with Crippen LogP contribution in [0.2, 0.25) is 0 Å². The van der Waals surface area contributed by atoms with Gasteiger partial charge in [0.1, 0.15) is 6.04 Å². The zero-order valence-corrected chi connectivity index (χ0v) is 16.1. The van der Waals surface area contributed by atoms with Gasteiger partial charge in [-0.15, -0.1) is 0 Å². The first kappa shape index (κ1) is 19.6. The number of nitrogens with one attached hydrogen (secondary N) is 2. The van der Waals surface area contributed by atoms with Gasteiger partial charge in [-0.3, -0.25) is 4.79 Å². The molecule has 0 aromatic heterocycles. The third-order valence-corrected chi connectivity index (χ3v) is 5.15. The van der Waals surface area contributed by atoms with Crippen molar-refractivity contribution in [1.29, 1.82) is 0 Å². The highest BCUT2D eigenvalue weighted by Crippen LogP contribution is 2.21. The third-order valence-electron chi connectivity index (χ3n) is 4.22. The lowest BCUT2D eigenvalue weighted by atomic mass is 10.1. The lowest BCUT2D eigenvalue weighted by molar-refractivity contribution is -0.116. The Bertz CT molecular complexity index is 1050. The zero-order valence-electron chi connectivity index (χ0n) is 15.3. The molecule has 0 aliphatic rings. The molecule has 4 N–H and O–H groups in total. The van der Waals surface area contributed by atoms with E-state index in [-0.39, 0.29) is 10.8 Å². The summed E-state index contributed by atoms with van der Waals surface area (Å²) < 4.78 is 22.5. The molecule has 3 rings (SSSR count). The number of carbonyl (C=O) groups is 1. The van der Waals surface area contributed by atoms with Crippen molar-refractivity contribution in [2.75, 3.05) is 10.6 Å². The number of anilines is 2. The maximum Gasteiger partial charge on any atom is 0.246 e. The first-order valence-electron chi connectivity index (χ1n) is 8.69. The van der Waals surface area contributed by atoms with E-state index in [0.29, 0.717) is 5.69 Å². The number of hydrogen-bond acceptors (Lipinski definition) is 4. The number of hydrogen-bond donors (Lipinski definition) is 3. The van der Waals surface area contributed by atoms with Gasteiger partial charge in [0.25, 0.3) is 0 Å². The molecular formula is C21H21N3O3S. The van der Waals surface area contributed by atoms with Crippen LogP contribution in [0.25, 0.3) is 11.1 Å². The summed E-state index contributed by atoms with van der Waals surface area (Å²) in [5, 5.41) is 11.0. The molecule has 0 radical (unpaired) electrons. The van der Waals surface area contributed by atoms with Gasteiger partial charge >= 0.3 is 0 Å². The Labute approximate surface area is 164 Å². The molecule has 0 aliphatic heterocycles. The van der Waals surface area contributed by atoms with Crippen molar-refractivity contribution in [2.24, 2.45) is 5.14 Å². The van der Waals surface area contributed by atoms with Gasteiger partial charge in [-0.2, -0.15) is 0 Å². The van der Waals surface area contributed by atoms with Crippen LogP contribution in [0.5, 0.6) is 0 Å². The molecule has 0 fully saturated rings. The molecule has 144 valence electrons. The summed E-state index contributed by atoms with van der Waals surface area (Å²) in [4.78, 5) is 12.4. The molecule has 1 unspecified atom stereocenters. The molecule has 7 heteroatoms. The summed E-state index contributed by atoms with van der Waals surface area (Å²) in [6.45, 7) is 1.75. The minimum Gasteiger partial charge on any atom is -0.374 e. The molecule has 28 heavy (non-hydrogen) atoms. The van der Waals surface area contributed by atoms with Crippen LogP contribution in [0.3, 0.4) is 0 Å². The van der Waals surface area contributed by atoms with Gasteiger partial charge in [0.2, 0.25) is 15.9 Å². The van der Waals surface area contributed by atoms with Gasteiger partial charge in [-0.1, -0.05) is 42.5 Å². The van der Waals surface area contributed by atoms with Gasteiger partial charge in [0, 0.05) is 11.4 Å². The van der Waals surface area contributed by atoms with Crippen molar-refractivity contribution in [3.8, 4) is 11.1 Å². The lowest BCUT2D eigenvalue weighted by Crippen LogP contribution is -2.31. The highest BCUT2D eigenvalue weighted by Gasteiger charge is 2.14. The van der Waals surface area contributed by atoms with Gasteiger partial charge in [0.05, 0.1) is 4.90 Å². The average molecular weight is 395 g/mol. The highest BCUT2D eigenvalue weighted by atomic mass is 32.2. The summed E-state index contributed by atoms with van der Waals surface area (Å²) in [6, 6.07) is 23.1. The van der Waals surface area contributed by atoms with Crippen molar-refractivity contribution in [3.05, 3.63) is 78.9 Å². The fourth-order valence-corrected chi connectivity index (χ4v) is 3.20. The highest BCUT2D eigenvalue weighted by molar-refractivity contribution is 7.89. The van der Waals surface area contributed by atoms with Gasteiger partial charge in [-0.25, -0.2) is 13.6 Å². The van der Waals surface area contributed by atoms with E-state index in [1.165, 1.54) is 24.3 Å². The van der Waals surface area contributed by atoms with E-state index < -0.39 is 16.1 Å². The largest absolute Gasteiger partial charge is 0.374 e. The zero-order chi connectivity index (χ0) is 20.1. The van der Waals surface area contributed by atoms with E-state index in [0.717, 1.165) is 16.8 Å². The van der Waals surface area contributed by atoms with Crippen LogP contribution in [0.1, 0.15) is 6.92 Å². The monoisotopic (exact) mass is 395 g/mol. The molecule has 3 aromatic rings. The van der Waals surface area contributed by atoms with Crippen LogP contribution in [0, 0.1) is 0 Å². The second-order valence-electron chi connectivity index (χ2n) is 6.37. The fraction of sp³-hybridized carbons (Fsp3) is 0.0952. The summed E-state index contributed by atoms with van der Waals surface area (Å²) >= 11 is 0. The predicted molar refractivity (Wildman–Crippen MR) is 111 cm³/mol. The average Bonchev–Trinajstić information content (AvgIpc) is 2.69. The molecule has 3 aromatic carbocycles. The number of rotatable bonds is 6. The standard InChI is InChI=1S/C21H21N3O3S/c1-15(21(25)24-19-11-13-20(14-12-19)28(22,26)27)23-18-9-7-17(8-10-18)16-5-3-2-4-6-16/h2-15,23H,1H3,(H,24,25)(H2,22,26,27). The second-order valence-corrected chi connectivity index (χ2v) is 7.93. The molecule has 0 spiro atoms. The minimum atomic E-state index is -3.75. The first-order chi connectivity index (χ1) is 13.3. The van der Waals surface area contributed by atoms with E-state index in [1.807, 2.05) is 54.6 Å². The number of amides is 1. The molecule has 1 atom stereocenters. The van der Waals surface area contributed by atoms with E-state index in [4.69, 9.17) is 5.14 Å². The Balaban J connectivity index is 1.61. The number of benzene rings is 3. The number of nitrogens with two attached hydrogens (primary N) is 1. The molecule has 0 aliphatic carbocycles. The SMILES string of the molecule is CC(Nc1ccc(-c2ccccc2)cc1)C(=O)Nc1ccc(S(N)(=O)=O)cc1. The molecular weight excluding hydrogens is 374 g/mol. The first-order valence-corrected chi connectivity index (χ1v) is 10.2. The second kappa shape index (κ2) is 8.24. The molecule has 0 saturated carbocycles. The molecule has 6 nitrogen and oxygen atoms in total. The Morgan fingerprint density at radius 3 is 1.93 bits per heavy atom. The van der Waals surface area contributed by atoms with Crippen LogP contribution in [-0.2, 0) is 14.8 Å². The van der Waals surface area contributed by atoms with Crippen LogP contribution in [0.4, 0.5) is 11.4 Å². The third kappa shape index (κ3) is 4.97. The predicted octanol–water partition coefficient (Wildman–Crippen LogP) is 3.44. The number of carbonyl (C=O) groups excluding carboxylic acids is 1. The smallest absolute Gasteiger partial charge is 0.246 e. The summed E-state index contributed by atoms with van der Waals surface area (Å²) in [7, 11) is -3.75. The van der Waals surface area contributed by atoms with E-state index >= 15 is 0 Å². The Kier molecular flexibility index (Phi) is 5.77. The van der Waals surface area contributed by atoms with Crippen molar-refractivity contribution in [3.63, 3.8) is 0 Å². The molecule has 0 saturated heterocycles. The van der Waals surface area contributed by atoms with Crippen LogP contribution < -0.4 is 15.8 Å². The Morgan fingerprint density at radius 2 is 1.36 bits per heavy atom. The van der Waals surface area contributed by atoms with E-state index in [9.17, 15) is 13.2 Å². The van der Waals surface area contributed by atoms with Gasteiger partial charge in [-0.05, 0) is 54.4 Å². The van der Waals surface area contributed by atoms with Crippen molar-refractivity contribution >= 4 is 27.3 Å². The molecule has 1 amide bonds. The van der Waals surface area contributed by atoms with Crippen molar-refractivity contribution in [2.45, 2.75) is 17.9 Å².